The number of rotatable bonds is 1. The van der Waals surface area contributed by atoms with Gasteiger partial charge in [-0.3, -0.25) is 0 Å². The van der Waals surface area contributed by atoms with Crippen molar-refractivity contribution in [1.29, 1.82) is 5.26 Å². The van der Waals surface area contributed by atoms with E-state index < -0.39 is 11.7 Å². The van der Waals surface area contributed by atoms with Gasteiger partial charge in [0.1, 0.15) is 0 Å². The molecule has 0 aliphatic heterocycles. The van der Waals surface area contributed by atoms with Gasteiger partial charge in [0.15, 0.2) is 0 Å². The molecule has 0 saturated carbocycles. The van der Waals surface area contributed by atoms with E-state index >= 15 is 0 Å². The van der Waals surface area contributed by atoms with E-state index in [1.54, 1.807) is 6.07 Å². The molecule has 80 valence electrons. The standard InChI is InChI=1S/C9H4BrF3IN/c10-3-5-1-7(14)2-6(4-15)8(5)9(11,12)13/h1-2H,3H2. The molecule has 0 heterocycles. The van der Waals surface area contributed by atoms with Crippen LogP contribution in [0, 0.1) is 14.9 Å². The van der Waals surface area contributed by atoms with E-state index in [2.05, 4.69) is 15.9 Å². The fourth-order valence-corrected chi connectivity index (χ4v) is 2.32. The Morgan fingerprint density at radius 1 is 1.40 bits per heavy atom. The molecule has 1 aromatic carbocycles. The lowest BCUT2D eigenvalue weighted by Gasteiger charge is -2.13. The Labute approximate surface area is 107 Å². The van der Waals surface area contributed by atoms with Crippen LogP contribution in [0.5, 0.6) is 0 Å². The van der Waals surface area contributed by atoms with Crippen LogP contribution in [0.25, 0.3) is 0 Å². The summed E-state index contributed by atoms with van der Waals surface area (Å²) >= 11 is 4.87. The summed E-state index contributed by atoms with van der Waals surface area (Å²) in [6.45, 7) is 0. The summed E-state index contributed by atoms with van der Waals surface area (Å²) in [5.41, 5.74) is -1.09. The van der Waals surface area contributed by atoms with Gasteiger partial charge in [-0.1, -0.05) is 15.9 Å². The summed E-state index contributed by atoms with van der Waals surface area (Å²) in [7, 11) is 0. The Balaban J connectivity index is 3.53. The first-order chi connectivity index (χ1) is 6.90. The Morgan fingerprint density at radius 2 is 2.00 bits per heavy atom. The van der Waals surface area contributed by atoms with Crippen LogP contribution >= 0.6 is 38.5 Å². The zero-order valence-corrected chi connectivity index (χ0v) is 10.9. The Morgan fingerprint density at radius 3 is 2.40 bits per heavy atom. The van der Waals surface area contributed by atoms with Crippen LogP contribution in [0.2, 0.25) is 0 Å². The number of benzene rings is 1. The summed E-state index contributed by atoms with van der Waals surface area (Å²) in [4.78, 5) is 0. The van der Waals surface area contributed by atoms with Gasteiger partial charge in [0.2, 0.25) is 0 Å². The van der Waals surface area contributed by atoms with Crippen LogP contribution in [0.4, 0.5) is 13.2 Å². The van der Waals surface area contributed by atoms with Gasteiger partial charge in [-0.25, -0.2) is 0 Å². The molecule has 0 unspecified atom stereocenters. The predicted molar refractivity (Wildman–Crippen MR) is 61.5 cm³/mol. The lowest BCUT2D eigenvalue weighted by Crippen LogP contribution is -2.11. The third kappa shape index (κ3) is 2.84. The second-order valence-electron chi connectivity index (χ2n) is 2.73. The van der Waals surface area contributed by atoms with Crippen LogP contribution in [0.3, 0.4) is 0 Å². The molecule has 1 nitrogen and oxygen atoms in total. The Hall–Kier alpha value is -0.290. The molecule has 1 rings (SSSR count). The van der Waals surface area contributed by atoms with Gasteiger partial charge >= 0.3 is 6.18 Å². The summed E-state index contributed by atoms with van der Waals surface area (Å²) < 4.78 is 38.5. The maximum Gasteiger partial charge on any atom is 0.417 e. The first-order valence-corrected chi connectivity index (χ1v) is 5.96. The molecule has 0 aromatic heterocycles. The minimum Gasteiger partial charge on any atom is -0.192 e. The zero-order valence-electron chi connectivity index (χ0n) is 7.20. The molecular formula is C9H4BrF3IN. The topological polar surface area (TPSA) is 23.8 Å². The fraction of sp³-hybridized carbons (Fsp3) is 0.222. The second-order valence-corrected chi connectivity index (χ2v) is 4.54. The number of alkyl halides is 4. The van der Waals surface area contributed by atoms with Crippen molar-refractivity contribution in [2.45, 2.75) is 11.5 Å². The summed E-state index contributed by atoms with van der Waals surface area (Å²) in [6.07, 6.45) is -4.49. The van der Waals surface area contributed by atoms with Crippen LogP contribution in [-0.4, -0.2) is 0 Å². The molecule has 6 heteroatoms. The molecule has 0 aliphatic rings. The highest BCUT2D eigenvalue weighted by Gasteiger charge is 2.36. The molecule has 0 radical (unpaired) electrons. The van der Waals surface area contributed by atoms with Crippen molar-refractivity contribution in [2.75, 3.05) is 0 Å². The zero-order chi connectivity index (χ0) is 11.6. The lowest BCUT2D eigenvalue weighted by atomic mass is 10.0. The average molecular weight is 390 g/mol. The van der Waals surface area contributed by atoms with E-state index in [0.29, 0.717) is 3.57 Å². The second kappa shape index (κ2) is 4.70. The van der Waals surface area contributed by atoms with Crippen LogP contribution in [0.1, 0.15) is 16.7 Å². The molecule has 0 N–H and O–H groups in total. The molecule has 0 fully saturated rings. The van der Waals surface area contributed by atoms with Crippen molar-refractivity contribution in [1.82, 2.24) is 0 Å². The van der Waals surface area contributed by atoms with Gasteiger partial charge in [0.05, 0.1) is 17.2 Å². The minimum absolute atomic E-state index is 0.0768. The van der Waals surface area contributed by atoms with Crippen molar-refractivity contribution in [3.8, 4) is 6.07 Å². The molecule has 0 bridgehead atoms. The third-order valence-electron chi connectivity index (χ3n) is 1.73. The maximum absolute atomic E-state index is 12.6. The van der Waals surface area contributed by atoms with Crippen molar-refractivity contribution >= 4 is 38.5 Å². The molecule has 0 amide bonds. The normalized spacial score (nSPS) is 11.2. The van der Waals surface area contributed by atoms with Crippen molar-refractivity contribution in [3.63, 3.8) is 0 Å². The number of hydrogen-bond donors (Lipinski definition) is 0. The number of nitrogens with zero attached hydrogens (tertiary/aromatic N) is 1. The highest BCUT2D eigenvalue weighted by molar-refractivity contribution is 14.1. The van der Waals surface area contributed by atoms with E-state index in [1.807, 2.05) is 22.6 Å². The van der Waals surface area contributed by atoms with Crippen molar-refractivity contribution in [2.24, 2.45) is 0 Å². The SMILES string of the molecule is N#Cc1cc(I)cc(CBr)c1C(F)(F)F. The number of halogens is 5. The van der Waals surface area contributed by atoms with Crippen molar-refractivity contribution in [3.05, 3.63) is 32.4 Å². The minimum atomic E-state index is -4.49. The van der Waals surface area contributed by atoms with Crippen LogP contribution < -0.4 is 0 Å². The van der Waals surface area contributed by atoms with Crippen molar-refractivity contribution < 1.29 is 13.2 Å². The quantitative estimate of drug-likeness (QED) is 0.524. The smallest absolute Gasteiger partial charge is 0.192 e. The molecular weight excluding hydrogens is 386 g/mol. The van der Waals surface area contributed by atoms with E-state index in [1.165, 1.54) is 12.1 Å². The fourth-order valence-electron chi connectivity index (χ4n) is 1.19. The third-order valence-corrected chi connectivity index (χ3v) is 2.96. The monoisotopic (exact) mass is 389 g/mol. The van der Waals surface area contributed by atoms with E-state index in [-0.39, 0.29) is 16.5 Å². The van der Waals surface area contributed by atoms with E-state index in [4.69, 9.17) is 5.26 Å². The Kier molecular flexibility index (Phi) is 4.00. The maximum atomic E-state index is 12.6. The van der Waals surface area contributed by atoms with Gasteiger partial charge in [0.25, 0.3) is 0 Å². The van der Waals surface area contributed by atoms with Crippen LogP contribution in [0.15, 0.2) is 12.1 Å². The molecule has 1 aromatic rings. The lowest BCUT2D eigenvalue weighted by molar-refractivity contribution is -0.138. The van der Waals surface area contributed by atoms with Gasteiger partial charge in [-0.2, -0.15) is 18.4 Å². The molecule has 0 atom stereocenters. The summed E-state index contributed by atoms with van der Waals surface area (Å²) in [5.74, 6) is 0. The van der Waals surface area contributed by atoms with E-state index in [0.717, 1.165) is 0 Å². The summed E-state index contributed by atoms with van der Waals surface area (Å²) in [6, 6.07) is 4.22. The first kappa shape index (κ1) is 12.8. The molecule has 0 spiro atoms. The largest absolute Gasteiger partial charge is 0.417 e. The molecule has 0 saturated heterocycles. The Bertz CT molecular complexity index is 423. The number of nitriles is 1. The predicted octanol–water partition coefficient (Wildman–Crippen LogP) is 4.08. The first-order valence-electron chi connectivity index (χ1n) is 3.76. The van der Waals surface area contributed by atoms with Gasteiger partial charge in [-0.05, 0) is 40.3 Å². The van der Waals surface area contributed by atoms with Gasteiger partial charge in [0, 0.05) is 8.90 Å². The average Bonchev–Trinajstić information content (AvgIpc) is 2.14. The van der Waals surface area contributed by atoms with Gasteiger partial charge in [-0.15, -0.1) is 0 Å². The van der Waals surface area contributed by atoms with Gasteiger partial charge < -0.3 is 0 Å². The van der Waals surface area contributed by atoms with E-state index in [9.17, 15) is 13.2 Å². The number of hydrogen-bond acceptors (Lipinski definition) is 1. The highest BCUT2D eigenvalue weighted by Crippen LogP contribution is 2.36. The molecule has 15 heavy (non-hydrogen) atoms. The summed E-state index contributed by atoms with van der Waals surface area (Å²) in [5, 5.41) is 8.73. The van der Waals surface area contributed by atoms with Crippen LogP contribution in [-0.2, 0) is 11.5 Å². The molecule has 0 aliphatic carbocycles. The highest BCUT2D eigenvalue weighted by atomic mass is 127.